The molecule has 0 fully saturated rings. The predicted octanol–water partition coefficient (Wildman–Crippen LogP) is 2.01. The fourth-order valence-corrected chi connectivity index (χ4v) is 0.964. The third-order valence-electron chi connectivity index (χ3n) is 1.25. The Labute approximate surface area is 72.7 Å². The van der Waals surface area contributed by atoms with Crippen molar-refractivity contribution >= 4 is 24.9 Å². The summed E-state index contributed by atoms with van der Waals surface area (Å²) in [6.45, 7) is 1.64. The average Bonchev–Trinajstić information content (AvgIpc) is 1.97. The van der Waals surface area contributed by atoms with Gasteiger partial charge in [0.2, 0.25) is 0 Å². The van der Waals surface area contributed by atoms with Crippen LogP contribution in [0.1, 0.15) is 25.7 Å². The Balaban J connectivity index is 2.76. The smallest absolute Gasteiger partial charge is 0.0521 e. The largest absolute Gasteiger partial charge is 0.220 e. The van der Waals surface area contributed by atoms with E-state index in [4.69, 9.17) is 0 Å². The molecule has 10 heavy (non-hydrogen) atoms. The van der Waals surface area contributed by atoms with Gasteiger partial charge in [-0.25, -0.2) is 8.73 Å². The highest BCUT2D eigenvalue weighted by Crippen LogP contribution is 1.99. The van der Waals surface area contributed by atoms with E-state index in [9.17, 15) is 0 Å². The fourth-order valence-electron chi connectivity index (χ4n) is 0.706. The van der Waals surface area contributed by atoms with Gasteiger partial charge in [-0.05, 0) is 12.8 Å². The minimum atomic E-state index is 0.820. The van der Waals surface area contributed by atoms with Crippen molar-refractivity contribution in [2.24, 2.45) is 8.73 Å². The molecule has 0 aromatic carbocycles. The summed E-state index contributed by atoms with van der Waals surface area (Å²) in [6, 6.07) is 0. The van der Waals surface area contributed by atoms with Crippen LogP contribution in [0.5, 0.6) is 0 Å². The summed E-state index contributed by atoms with van der Waals surface area (Å²) in [6.07, 6.45) is 4.62. The number of rotatable bonds is 7. The zero-order valence-electron chi connectivity index (χ0n) is 5.95. The van der Waals surface area contributed by atoms with Gasteiger partial charge in [-0.2, -0.15) is 0 Å². The van der Waals surface area contributed by atoms with Crippen LogP contribution in [-0.2, 0) is 24.9 Å². The fraction of sp³-hybridized carbons (Fsp3) is 1.00. The summed E-state index contributed by atoms with van der Waals surface area (Å²) in [7, 11) is 0. The van der Waals surface area contributed by atoms with Gasteiger partial charge in [0.25, 0.3) is 0 Å². The molecule has 0 saturated carbocycles. The van der Waals surface area contributed by atoms with Crippen molar-refractivity contribution in [1.82, 2.24) is 0 Å². The Hall–Kier alpha value is 0.0400. The van der Waals surface area contributed by atoms with Crippen molar-refractivity contribution in [2.75, 3.05) is 13.1 Å². The molecule has 0 aromatic rings. The first-order valence-electron chi connectivity index (χ1n) is 3.50. The molecular formula is C6H12N2S2. The van der Waals surface area contributed by atoms with Crippen molar-refractivity contribution in [3.8, 4) is 0 Å². The third-order valence-corrected chi connectivity index (χ3v) is 1.61. The Morgan fingerprint density at radius 3 is 1.40 bits per heavy atom. The van der Waals surface area contributed by atoms with Gasteiger partial charge in [0.1, 0.15) is 0 Å². The van der Waals surface area contributed by atoms with E-state index in [1.807, 2.05) is 0 Å². The van der Waals surface area contributed by atoms with Crippen molar-refractivity contribution in [2.45, 2.75) is 25.7 Å². The Morgan fingerprint density at radius 1 is 0.700 bits per heavy atom. The molecule has 0 saturated heterocycles. The quantitative estimate of drug-likeness (QED) is 0.554. The molecule has 0 radical (unpaired) electrons. The van der Waals surface area contributed by atoms with Crippen LogP contribution >= 0.6 is 0 Å². The highest BCUT2D eigenvalue weighted by atomic mass is 32.1. The molecule has 0 atom stereocenters. The lowest BCUT2D eigenvalue weighted by Gasteiger charge is -1.93. The Morgan fingerprint density at radius 2 is 1.10 bits per heavy atom. The van der Waals surface area contributed by atoms with Crippen LogP contribution < -0.4 is 0 Å². The number of unbranched alkanes of at least 4 members (excludes halogenated alkanes) is 3. The van der Waals surface area contributed by atoms with Crippen LogP contribution in [0, 0.1) is 0 Å². The first-order chi connectivity index (χ1) is 4.91. The van der Waals surface area contributed by atoms with Gasteiger partial charge in [-0.15, -0.1) is 0 Å². The van der Waals surface area contributed by atoms with E-state index in [-0.39, 0.29) is 0 Å². The van der Waals surface area contributed by atoms with Crippen LogP contribution in [0.3, 0.4) is 0 Å². The molecule has 0 aliphatic heterocycles. The van der Waals surface area contributed by atoms with E-state index in [2.05, 4.69) is 33.6 Å². The first-order valence-corrected chi connectivity index (χ1v) is 4.23. The normalized spacial score (nSPS) is 9.20. The van der Waals surface area contributed by atoms with E-state index in [1.54, 1.807) is 0 Å². The molecule has 0 spiro atoms. The van der Waals surface area contributed by atoms with Crippen molar-refractivity contribution in [1.29, 1.82) is 0 Å². The summed E-state index contributed by atoms with van der Waals surface area (Å²) in [5, 5.41) is 0. The second-order valence-electron chi connectivity index (χ2n) is 2.12. The van der Waals surface area contributed by atoms with Gasteiger partial charge in [-0.1, -0.05) is 12.8 Å². The molecule has 0 aliphatic rings. The summed E-state index contributed by atoms with van der Waals surface area (Å²) in [5.41, 5.74) is 0. The van der Waals surface area contributed by atoms with Crippen molar-refractivity contribution in [3.05, 3.63) is 0 Å². The molecule has 0 amide bonds. The highest BCUT2D eigenvalue weighted by Gasteiger charge is 1.87. The third kappa shape index (κ3) is 8.04. The van der Waals surface area contributed by atoms with Crippen molar-refractivity contribution in [3.63, 3.8) is 0 Å². The molecule has 0 unspecified atom stereocenters. The van der Waals surface area contributed by atoms with E-state index in [0.717, 1.165) is 25.9 Å². The minimum Gasteiger partial charge on any atom is -0.220 e. The van der Waals surface area contributed by atoms with Crippen molar-refractivity contribution < 1.29 is 0 Å². The molecule has 0 aromatic heterocycles. The molecule has 58 valence electrons. The molecule has 4 heteroatoms. The maximum atomic E-state index is 4.44. The first kappa shape index (κ1) is 10.0. The summed E-state index contributed by atoms with van der Waals surface area (Å²) in [5.74, 6) is 0. The van der Waals surface area contributed by atoms with Crippen LogP contribution in [-0.4, -0.2) is 13.1 Å². The van der Waals surface area contributed by atoms with Gasteiger partial charge in [0.15, 0.2) is 0 Å². The molecule has 0 bridgehead atoms. The molecular weight excluding hydrogens is 164 g/mol. The molecule has 0 aliphatic carbocycles. The van der Waals surface area contributed by atoms with E-state index < -0.39 is 0 Å². The Kier molecular flexibility index (Phi) is 9.08. The van der Waals surface area contributed by atoms with Crippen LogP contribution in [0.25, 0.3) is 0 Å². The molecule has 0 heterocycles. The SMILES string of the molecule is S=NCCCCCCN=S. The maximum Gasteiger partial charge on any atom is 0.0521 e. The van der Waals surface area contributed by atoms with Crippen LogP contribution in [0.4, 0.5) is 0 Å². The lowest BCUT2D eigenvalue weighted by atomic mass is 10.2. The standard InChI is InChI=1S/C6H12N2S2/c9-7-5-3-1-2-4-6-8-10/h1-6H2. The molecule has 0 rings (SSSR count). The number of hydrogen-bond donors (Lipinski definition) is 0. The van der Waals surface area contributed by atoms with E-state index >= 15 is 0 Å². The van der Waals surface area contributed by atoms with E-state index in [0.29, 0.717) is 0 Å². The monoisotopic (exact) mass is 176 g/mol. The second kappa shape index (κ2) is 9.04. The number of nitrogens with zero attached hydrogens (tertiary/aromatic N) is 2. The van der Waals surface area contributed by atoms with Gasteiger partial charge in [-0.3, -0.25) is 0 Å². The van der Waals surface area contributed by atoms with Gasteiger partial charge in [0, 0.05) is 24.9 Å². The van der Waals surface area contributed by atoms with Gasteiger partial charge < -0.3 is 0 Å². The van der Waals surface area contributed by atoms with Crippen LogP contribution in [0.15, 0.2) is 8.73 Å². The molecule has 0 N–H and O–H groups in total. The predicted molar refractivity (Wildman–Crippen MR) is 47.8 cm³/mol. The average molecular weight is 176 g/mol. The van der Waals surface area contributed by atoms with Crippen LogP contribution in [0.2, 0.25) is 0 Å². The second-order valence-corrected chi connectivity index (χ2v) is 2.64. The maximum absolute atomic E-state index is 4.44. The lowest BCUT2D eigenvalue weighted by Crippen LogP contribution is -1.83. The topological polar surface area (TPSA) is 24.7 Å². The summed E-state index contributed by atoms with van der Waals surface area (Å²) in [4.78, 5) is 0. The lowest BCUT2D eigenvalue weighted by molar-refractivity contribution is 0.658. The van der Waals surface area contributed by atoms with Gasteiger partial charge >= 0.3 is 0 Å². The number of hydrogen-bond acceptors (Lipinski definition) is 4. The van der Waals surface area contributed by atoms with E-state index in [1.165, 1.54) is 12.8 Å². The molecule has 2 nitrogen and oxygen atoms in total. The highest BCUT2D eigenvalue weighted by molar-refractivity contribution is 7.47. The van der Waals surface area contributed by atoms with Gasteiger partial charge in [0.05, 0.1) is 13.1 Å². The summed E-state index contributed by atoms with van der Waals surface area (Å²) < 4.78 is 7.19. The zero-order chi connectivity index (χ0) is 7.66. The zero-order valence-corrected chi connectivity index (χ0v) is 7.59. The Bertz CT molecular complexity index is 83.7. The summed E-state index contributed by atoms with van der Waals surface area (Å²) >= 11 is 8.89. The minimum absolute atomic E-state index is 0.820.